The van der Waals surface area contributed by atoms with E-state index in [0.29, 0.717) is 15.8 Å². The number of rotatable bonds is 5. The number of ether oxygens (including phenoxy) is 1. The molecule has 0 radical (unpaired) electrons. The van der Waals surface area contributed by atoms with Crippen molar-refractivity contribution in [2.45, 2.75) is 4.90 Å². The molecule has 0 saturated heterocycles. The second-order valence-corrected chi connectivity index (χ2v) is 5.84. The van der Waals surface area contributed by atoms with Gasteiger partial charge in [-0.3, -0.25) is 4.79 Å². The Morgan fingerprint density at radius 3 is 2.55 bits per heavy atom. The van der Waals surface area contributed by atoms with E-state index in [4.69, 9.17) is 4.74 Å². The smallest absolute Gasteiger partial charge is 0.200 e. The minimum absolute atomic E-state index is 0.117. The third kappa shape index (κ3) is 4.08. The van der Waals surface area contributed by atoms with E-state index in [2.05, 4.69) is 15.9 Å². The second kappa shape index (κ2) is 6.90. The van der Waals surface area contributed by atoms with Crippen molar-refractivity contribution in [3.63, 3.8) is 0 Å². The van der Waals surface area contributed by atoms with Gasteiger partial charge in [-0.05, 0) is 30.5 Å². The van der Waals surface area contributed by atoms with Gasteiger partial charge in [-0.2, -0.15) is 0 Å². The minimum atomic E-state index is -0.411. The van der Waals surface area contributed by atoms with E-state index in [0.717, 1.165) is 4.90 Å². The molecular weight excluding hydrogens is 343 g/mol. The molecule has 104 valence electrons. The summed E-state index contributed by atoms with van der Waals surface area (Å²) in [6, 6.07) is 11.5. The molecule has 0 aliphatic rings. The fraction of sp³-hybridized carbons (Fsp3) is 0.133. The number of hydrogen-bond acceptors (Lipinski definition) is 3. The van der Waals surface area contributed by atoms with Crippen molar-refractivity contribution < 1.29 is 13.9 Å². The van der Waals surface area contributed by atoms with Gasteiger partial charge in [0.2, 0.25) is 0 Å². The number of halogens is 2. The fourth-order valence-electron chi connectivity index (χ4n) is 1.62. The maximum absolute atomic E-state index is 13.2. The number of hydrogen-bond donors (Lipinski definition) is 0. The molecule has 0 amide bonds. The Hall–Kier alpha value is -1.33. The largest absolute Gasteiger partial charge is 0.485 e. The summed E-state index contributed by atoms with van der Waals surface area (Å²) in [5.41, 5.74) is 0.582. The lowest BCUT2D eigenvalue weighted by atomic mass is 10.1. The molecule has 0 bridgehead atoms. The van der Waals surface area contributed by atoms with Gasteiger partial charge in [-0.15, -0.1) is 11.8 Å². The molecule has 0 aliphatic carbocycles. The van der Waals surface area contributed by atoms with Crippen LogP contribution in [0, 0.1) is 5.82 Å². The van der Waals surface area contributed by atoms with E-state index in [1.54, 1.807) is 30.0 Å². The zero-order valence-electron chi connectivity index (χ0n) is 10.7. The van der Waals surface area contributed by atoms with Crippen LogP contribution in [0.5, 0.6) is 5.75 Å². The summed E-state index contributed by atoms with van der Waals surface area (Å²) in [6.45, 7) is -0.117. The zero-order valence-corrected chi connectivity index (χ0v) is 13.1. The van der Waals surface area contributed by atoms with Crippen LogP contribution in [0.25, 0.3) is 0 Å². The number of ketones is 1. The van der Waals surface area contributed by atoms with Crippen LogP contribution in [0.3, 0.4) is 0 Å². The molecule has 0 aromatic heterocycles. The van der Waals surface area contributed by atoms with Crippen LogP contribution in [0.4, 0.5) is 4.39 Å². The second-order valence-electron chi connectivity index (χ2n) is 4.05. The first kappa shape index (κ1) is 15.1. The average Bonchev–Trinajstić information content (AvgIpc) is 2.44. The van der Waals surface area contributed by atoms with Gasteiger partial charge in [0.15, 0.2) is 12.4 Å². The lowest BCUT2D eigenvalue weighted by Gasteiger charge is -2.06. The molecule has 0 N–H and O–H groups in total. The first-order valence-corrected chi connectivity index (χ1v) is 7.86. The van der Waals surface area contributed by atoms with E-state index >= 15 is 0 Å². The monoisotopic (exact) mass is 354 g/mol. The third-order valence-corrected chi connectivity index (χ3v) is 3.82. The molecule has 5 heteroatoms. The zero-order chi connectivity index (χ0) is 14.5. The number of carbonyl (C=O) groups excluding carboxylic acids is 1. The van der Waals surface area contributed by atoms with Gasteiger partial charge in [0, 0.05) is 21.0 Å². The van der Waals surface area contributed by atoms with Crippen molar-refractivity contribution in [3.8, 4) is 5.75 Å². The quantitative estimate of drug-likeness (QED) is 0.581. The van der Waals surface area contributed by atoms with Crippen molar-refractivity contribution in [2.24, 2.45) is 0 Å². The topological polar surface area (TPSA) is 26.3 Å². The number of thioether (sulfide) groups is 1. The van der Waals surface area contributed by atoms with Crippen molar-refractivity contribution in [3.05, 3.63) is 58.3 Å². The number of benzene rings is 2. The van der Waals surface area contributed by atoms with Gasteiger partial charge in [-0.1, -0.05) is 28.1 Å². The maximum atomic E-state index is 13.2. The van der Waals surface area contributed by atoms with Crippen molar-refractivity contribution in [1.82, 2.24) is 0 Å². The van der Waals surface area contributed by atoms with Gasteiger partial charge < -0.3 is 4.74 Å². The lowest BCUT2D eigenvalue weighted by molar-refractivity contribution is 0.0921. The Morgan fingerprint density at radius 1 is 1.25 bits per heavy atom. The predicted molar refractivity (Wildman–Crippen MR) is 82.1 cm³/mol. The summed E-state index contributed by atoms with van der Waals surface area (Å²) in [4.78, 5) is 13.0. The molecule has 2 aromatic carbocycles. The first-order chi connectivity index (χ1) is 9.58. The molecule has 2 rings (SSSR count). The van der Waals surface area contributed by atoms with Crippen LogP contribution in [-0.2, 0) is 0 Å². The van der Waals surface area contributed by atoms with E-state index in [1.165, 1.54) is 12.1 Å². The molecule has 0 heterocycles. The standard InChI is InChI=1S/C15H12BrFO2S/c1-20-14-4-2-10(3-5-14)15(18)9-19-13-7-11(16)6-12(17)8-13/h2-8H,9H2,1H3. The summed E-state index contributed by atoms with van der Waals surface area (Å²) in [6.07, 6.45) is 1.97. The van der Waals surface area contributed by atoms with Gasteiger partial charge in [0.25, 0.3) is 0 Å². The van der Waals surface area contributed by atoms with Crippen LogP contribution in [0.1, 0.15) is 10.4 Å². The molecule has 0 aliphatic heterocycles. The van der Waals surface area contributed by atoms with Gasteiger partial charge >= 0.3 is 0 Å². The Kier molecular flexibility index (Phi) is 5.20. The highest BCUT2D eigenvalue weighted by atomic mass is 79.9. The summed E-state index contributed by atoms with van der Waals surface area (Å²) >= 11 is 4.79. The summed E-state index contributed by atoms with van der Waals surface area (Å²) in [7, 11) is 0. The molecular formula is C15H12BrFO2S. The average molecular weight is 355 g/mol. The van der Waals surface area contributed by atoms with Crippen molar-refractivity contribution in [2.75, 3.05) is 12.9 Å². The van der Waals surface area contributed by atoms with Gasteiger partial charge in [0.05, 0.1) is 0 Å². The molecule has 0 spiro atoms. The van der Waals surface area contributed by atoms with E-state index in [-0.39, 0.29) is 12.4 Å². The van der Waals surface area contributed by atoms with Gasteiger partial charge in [-0.25, -0.2) is 4.39 Å². The lowest BCUT2D eigenvalue weighted by Crippen LogP contribution is -2.11. The molecule has 0 atom stereocenters. The Balaban J connectivity index is 2.00. The summed E-state index contributed by atoms with van der Waals surface area (Å²) < 4.78 is 19.1. The SMILES string of the molecule is CSc1ccc(C(=O)COc2cc(F)cc(Br)c2)cc1. The van der Waals surface area contributed by atoms with Crippen LogP contribution >= 0.6 is 27.7 Å². The van der Waals surface area contributed by atoms with Crippen LogP contribution < -0.4 is 4.74 Å². The Labute approximate surface area is 129 Å². The fourth-order valence-corrected chi connectivity index (χ4v) is 2.47. The van der Waals surface area contributed by atoms with Crippen LogP contribution in [-0.4, -0.2) is 18.6 Å². The highest BCUT2D eigenvalue weighted by Gasteiger charge is 2.08. The van der Waals surface area contributed by atoms with Crippen molar-refractivity contribution in [1.29, 1.82) is 0 Å². The Bertz CT molecular complexity index is 594. The predicted octanol–water partition coefficient (Wildman–Crippen LogP) is 4.57. The van der Waals surface area contributed by atoms with E-state index in [1.807, 2.05) is 18.4 Å². The summed E-state index contributed by atoms with van der Waals surface area (Å²) in [5.74, 6) is -0.227. The molecule has 0 fully saturated rings. The van der Waals surface area contributed by atoms with E-state index < -0.39 is 5.82 Å². The summed E-state index contributed by atoms with van der Waals surface area (Å²) in [5, 5.41) is 0. The van der Waals surface area contributed by atoms with Crippen LogP contribution in [0.2, 0.25) is 0 Å². The molecule has 2 aromatic rings. The molecule has 0 saturated carbocycles. The van der Waals surface area contributed by atoms with Crippen LogP contribution in [0.15, 0.2) is 51.8 Å². The molecule has 2 nitrogen and oxygen atoms in total. The molecule has 0 unspecified atom stereocenters. The maximum Gasteiger partial charge on any atom is 0.200 e. The normalized spacial score (nSPS) is 10.3. The highest BCUT2D eigenvalue weighted by molar-refractivity contribution is 9.10. The molecule has 20 heavy (non-hydrogen) atoms. The van der Waals surface area contributed by atoms with Crippen molar-refractivity contribution >= 4 is 33.5 Å². The Morgan fingerprint density at radius 2 is 1.95 bits per heavy atom. The third-order valence-electron chi connectivity index (χ3n) is 2.62. The number of Topliss-reactive ketones (excluding diaryl/α,β-unsaturated/α-hetero) is 1. The number of carbonyl (C=O) groups is 1. The van der Waals surface area contributed by atoms with E-state index in [9.17, 15) is 9.18 Å². The minimum Gasteiger partial charge on any atom is -0.485 e. The highest BCUT2D eigenvalue weighted by Crippen LogP contribution is 2.21. The van der Waals surface area contributed by atoms with Gasteiger partial charge in [0.1, 0.15) is 11.6 Å². The first-order valence-electron chi connectivity index (χ1n) is 5.84.